The molecular formula is C13H12N4OS. The van der Waals surface area contributed by atoms with E-state index in [0.29, 0.717) is 22.0 Å². The van der Waals surface area contributed by atoms with Crippen LogP contribution < -0.4 is 10.5 Å². The second-order valence-corrected chi connectivity index (χ2v) is 4.42. The fourth-order valence-corrected chi connectivity index (χ4v) is 2.27. The Morgan fingerprint density at radius 2 is 2.05 bits per heavy atom. The minimum absolute atomic E-state index is 0.143. The van der Waals surface area contributed by atoms with Gasteiger partial charge in [0.15, 0.2) is 0 Å². The molecule has 1 aromatic heterocycles. The smallest absolute Gasteiger partial charge is 0.221 e. The normalized spacial score (nSPS) is 9.95. The zero-order valence-electron chi connectivity index (χ0n) is 10.5. The third-order valence-electron chi connectivity index (χ3n) is 2.56. The number of hydrogen-bond acceptors (Lipinski definition) is 6. The molecule has 0 amide bonds. The SMILES string of the molecule is COc1ccccc1-c1nc(N)nc(SC)c1C#N. The van der Waals surface area contributed by atoms with Gasteiger partial charge in [0.1, 0.15) is 22.4 Å². The lowest BCUT2D eigenvalue weighted by molar-refractivity contribution is 0.416. The lowest BCUT2D eigenvalue weighted by atomic mass is 10.1. The van der Waals surface area contributed by atoms with Crippen molar-refractivity contribution in [1.29, 1.82) is 5.26 Å². The van der Waals surface area contributed by atoms with Crippen molar-refractivity contribution >= 4 is 17.7 Å². The third-order valence-corrected chi connectivity index (χ3v) is 3.24. The topological polar surface area (TPSA) is 84.8 Å². The van der Waals surface area contributed by atoms with Gasteiger partial charge >= 0.3 is 0 Å². The first-order valence-electron chi connectivity index (χ1n) is 5.46. The first-order chi connectivity index (χ1) is 9.21. The molecule has 1 heterocycles. The summed E-state index contributed by atoms with van der Waals surface area (Å²) < 4.78 is 5.30. The standard InChI is InChI=1S/C13H12N4OS/c1-18-10-6-4-3-5-8(10)11-9(7-14)12(19-2)17-13(15)16-11/h3-6H,1-2H3,(H2,15,16,17). The molecule has 19 heavy (non-hydrogen) atoms. The van der Waals surface area contributed by atoms with Crippen LogP contribution in [0.4, 0.5) is 5.95 Å². The summed E-state index contributed by atoms with van der Waals surface area (Å²) in [4.78, 5) is 8.25. The van der Waals surface area contributed by atoms with E-state index in [1.165, 1.54) is 11.8 Å². The average molecular weight is 272 g/mol. The van der Waals surface area contributed by atoms with Gasteiger partial charge in [-0.3, -0.25) is 0 Å². The number of rotatable bonds is 3. The number of para-hydroxylation sites is 1. The summed E-state index contributed by atoms with van der Waals surface area (Å²) in [5.74, 6) is 0.786. The maximum Gasteiger partial charge on any atom is 0.221 e. The van der Waals surface area contributed by atoms with Crippen LogP contribution in [0.25, 0.3) is 11.3 Å². The molecule has 2 aromatic rings. The van der Waals surface area contributed by atoms with Crippen LogP contribution in [-0.4, -0.2) is 23.3 Å². The Morgan fingerprint density at radius 3 is 2.68 bits per heavy atom. The monoisotopic (exact) mass is 272 g/mol. The molecular weight excluding hydrogens is 260 g/mol. The summed E-state index contributed by atoms with van der Waals surface area (Å²) in [5.41, 5.74) is 7.33. The number of nitrogen functional groups attached to an aromatic ring is 1. The van der Waals surface area contributed by atoms with Crippen LogP contribution >= 0.6 is 11.8 Å². The van der Waals surface area contributed by atoms with Gasteiger partial charge in [-0.1, -0.05) is 12.1 Å². The number of aromatic nitrogens is 2. The summed E-state index contributed by atoms with van der Waals surface area (Å²) in [6.07, 6.45) is 1.84. The first kappa shape index (κ1) is 13.2. The highest BCUT2D eigenvalue weighted by Gasteiger charge is 2.17. The van der Waals surface area contributed by atoms with Crippen LogP contribution in [0.1, 0.15) is 5.56 Å². The van der Waals surface area contributed by atoms with Gasteiger partial charge in [-0.05, 0) is 18.4 Å². The van der Waals surface area contributed by atoms with E-state index in [0.717, 1.165) is 5.56 Å². The van der Waals surface area contributed by atoms with E-state index in [-0.39, 0.29) is 5.95 Å². The highest BCUT2D eigenvalue weighted by Crippen LogP contribution is 2.33. The Morgan fingerprint density at radius 1 is 1.32 bits per heavy atom. The Kier molecular flexibility index (Phi) is 3.88. The van der Waals surface area contributed by atoms with Crippen molar-refractivity contribution in [1.82, 2.24) is 9.97 Å². The number of ether oxygens (including phenoxy) is 1. The summed E-state index contributed by atoms with van der Waals surface area (Å²) in [5, 5.41) is 9.89. The van der Waals surface area contributed by atoms with Gasteiger partial charge in [0, 0.05) is 5.56 Å². The zero-order chi connectivity index (χ0) is 13.8. The molecule has 0 bridgehead atoms. The second kappa shape index (κ2) is 5.59. The molecule has 0 spiro atoms. The van der Waals surface area contributed by atoms with Crippen molar-refractivity contribution in [2.75, 3.05) is 19.1 Å². The molecule has 0 aliphatic rings. The number of benzene rings is 1. The van der Waals surface area contributed by atoms with Gasteiger partial charge in [0.25, 0.3) is 0 Å². The lowest BCUT2D eigenvalue weighted by Gasteiger charge is -2.11. The Bertz CT molecular complexity index is 652. The van der Waals surface area contributed by atoms with E-state index in [1.54, 1.807) is 7.11 Å². The molecule has 0 fully saturated rings. The molecule has 0 radical (unpaired) electrons. The molecule has 6 heteroatoms. The van der Waals surface area contributed by atoms with Gasteiger partial charge in [0.2, 0.25) is 5.95 Å². The van der Waals surface area contributed by atoms with E-state index in [2.05, 4.69) is 16.0 Å². The minimum Gasteiger partial charge on any atom is -0.496 e. The van der Waals surface area contributed by atoms with Crippen molar-refractivity contribution in [3.8, 4) is 23.1 Å². The number of hydrogen-bond donors (Lipinski definition) is 1. The number of nitriles is 1. The fourth-order valence-electron chi connectivity index (χ4n) is 1.74. The first-order valence-corrected chi connectivity index (χ1v) is 6.68. The molecule has 0 aliphatic heterocycles. The molecule has 0 saturated carbocycles. The van der Waals surface area contributed by atoms with Crippen LogP contribution in [0.2, 0.25) is 0 Å². The van der Waals surface area contributed by atoms with Gasteiger partial charge < -0.3 is 10.5 Å². The highest BCUT2D eigenvalue weighted by molar-refractivity contribution is 7.98. The van der Waals surface area contributed by atoms with Crippen molar-refractivity contribution in [3.05, 3.63) is 29.8 Å². The predicted molar refractivity (Wildman–Crippen MR) is 74.9 cm³/mol. The molecule has 1 aromatic carbocycles. The molecule has 0 atom stereocenters. The molecule has 0 aliphatic carbocycles. The maximum absolute atomic E-state index is 9.32. The van der Waals surface area contributed by atoms with Crippen molar-refractivity contribution in [2.45, 2.75) is 5.03 Å². The van der Waals surface area contributed by atoms with Gasteiger partial charge in [0.05, 0.1) is 12.8 Å². The van der Waals surface area contributed by atoms with Crippen LogP contribution in [-0.2, 0) is 0 Å². The molecule has 96 valence electrons. The van der Waals surface area contributed by atoms with Crippen molar-refractivity contribution in [2.24, 2.45) is 0 Å². The van der Waals surface area contributed by atoms with Gasteiger partial charge in [-0.25, -0.2) is 9.97 Å². The number of nitrogens with zero attached hydrogens (tertiary/aromatic N) is 3. The Balaban J connectivity index is 2.75. The minimum atomic E-state index is 0.143. The molecule has 2 rings (SSSR count). The van der Waals surface area contributed by atoms with E-state index in [9.17, 15) is 5.26 Å². The van der Waals surface area contributed by atoms with E-state index >= 15 is 0 Å². The fraction of sp³-hybridized carbons (Fsp3) is 0.154. The average Bonchev–Trinajstić information content (AvgIpc) is 2.46. The third kappa shape index (κ3) is 2.46. The second-order valence-electron chi connectivity index (χ2n) is 3.63. The summed E-state index contributed by atoms with van der Waals surface area (Å²) in [7, 11) is 1.57. The summed E-state index contributed by atoms with van der Waals surface area (Å²) in [6, 6.07) is 9.50. The predicted octanol–water partition coefficient (Wildman–Crippen LogP) is 2.33. The molecule has 2 N–H and O–H groups in total. The molecule has 0 unspecified atom stereocenters. The van der Waals surface area contributed by atoms with Crippen LogP contribution in [0.15, 0.2) is 29.3 Å². The van der Waals surface area contributed by atoms with Crippen molar-refractivity contribution < 1.29 is 4.74 Å². The van der Waals surface area contributed by atoms with Crippen LogP contribution in [0.5, 0.6) is 5.75 Å². The van der Waals surface area contributed by atoms with E-state index in [1.807, 2.05) is 30.5 Å². The van der Waals surface area contributed by atoms with Crippen LogP contribution in [0.3, 0.4) is 0 Å². The zero-order valence-corrected chi connectivity index (χ0v) is 11.4. The maximum atomic E-state index is 9.32. The summed E-state index contributed by atoms with van der Waals surface area (Å²) in [6.45, 7) is 0. The van der Waals surface area contributed by atoms with E-state index < -0.39 is 0 Å². The number of anilines is 1. The number of thioether (sulfide) groups is 1. The number of methoxy groups -OCH3 is 1. The van der Waals surface area contributed by atoms with Crippen LogP contribution in [0, 0.1) is 11.3 Å². The Labute approximate surface area is 115 Å². The Hall–Kier alpha value is -2.26. The van der Waals surface area contributed by atoms with Gasteiger partial charge in [-0.2, -0.15) is 5.26 Å². The lowest BCUT2D eigenvalue weighted by Crippen LogP contribution is -2.02. The molecule has 0 saturated heterocycles. The van der Waals surface area contributed by atoms with Crippen molar-refractivity contribution in [3.63, 3.8) is 0 Å². The highest BCUT2D eigenvalue weighted by atomic mass is 32.2. The summed E-state index contributed by atoms with van der Waals surface area (Å²) >= 11 is 1.36. The number of nitrogens with two attached hydrogens (primary N) is 1. The van der Waals surface area contributed by atoms with Gasteiger partial charge in [-0.15, -0.1) is 11.8 Å². The molecule has 5 nitrogen and oxygen atoms in total. The van der Waals surface area contributed by atoms with E-state index in [4.69, 9.17) is 10.5 Å². The quantitative estimate of drug-likeness (QED) is 0.681. The largest absolute Gasteiger partial charge is 0.496 e.